The van der Waals surface area contributed by atoms with Crippen LogP contribution in [0.1, 0.15) is 36.3 Å². The number of carboxylic acid groups (broad SMARTS) is 1. The maximum absolute atomic E-state index is 11.6. The Balaban J connectivity index is 2.69. The third kappa shape index (κ3) is 4.20. The molecule has 3 N–H and O–H groups in total. The van der Waals surface area contributed by atoms with E-state index in [1.807, 2.05) is 6.92 Å². The van der Waals surface area contributed by atoms with Gasteiger partial charge in [-0.1, -0.05) is 6.92 Å². The summed E-state index contributed by atoms with van der Waals surface area (Å²) in [7, 11) is 0. The molecule has 0 aliphatic carbocycles. The van der Waals surface area contributed by atoms with Crippen LogP contribution in [-0.4, -0.2) is 39.5 Å². The number of aromatic carboxylic acids is 1. The highest BCUT2D eigenvalue weighted by molar-refractivity contribution is 5.88. The Kier molecular flexibility index (Phi) is 5.23. The van der Waals surface area contributed by atoms with Crippen molar-refractivity contribution in [3.63, 3.8) is 0 Å². The van der Waals surface area contributed by atoms with Crippen LogP contribution in [0, 0.1) is 6.92 Å². The molecule has 7 nitrogen and oxygen atoms in total. The summed E-state index contributed by atoms with van der Waals surface area (Å²) in [5, 5.41) is 14.4. The highest BCUT2D eigenvalue weighted by Crippen LogP contribution is 2.07. The molecular formula is C12H18N4O3. The molecule has 0 saturated carbocycles. The Hall–Kier alpha value is -2.18. The van der Waals surface area contributed by atoms with Crippen molar-refractivity contribution in [1.82, 2.24) is 15.3 Å². The summed E-state index contributed by atoms with van der Waals surface area (Å²) in [5.74, 6) is -0.982. The molecule has 104 valence electrons. The van der Waals surface area contributed by atoms with E-state index in [1.54, 1.807) is 13.8 Å². The van der Waals surface area contributed by atoms with E-state index in [-0.39, 0.29) is 17.4 Å². The maximum atomic E-state index is 11.6. The van der Waals surface area contributed by atoms with Crippen molar-refractivity contribution in [2.75, 3.05) is 11.9 Å². The summed E-state index contributed by atoms with van der Waals surface area (Å²) in [6, 6.07) is -0.485. The Morgan fingerprint density at radius 3 is 2.68 bits per heavy atom. The van der Waals surface area contributed by atoms with Crippen molar-refractivity contribution in [3.05, 3.63) is 17.5 Å². The average Bonchev–Trinajstić information content (AvgIpc) is 2.35. The molecule has 1 aromatic heterocycles. The lowest BCUT2D eigenvalue weighted by Crippen LogP contribution is -2.38. The van der Waals surface area contributed by atoms with Gasteiger partial charge < -0.3 is 15.7 Å². The van der Waals surface area contributed by atoms with Gasteiger partial charge in [0.1, 0.15) is 6.04 Å². The Labute approximate surface area is 111 Å². The lowest BCUT2D eigenvalue weighted by molar-refractivity contribution is -0.121. The molecular weight excluding hydrogens is 248 g/mol. The lowest BCUT2D eigenvalue weighted by atomic mass is 10.2. The summed E-state index contributed by atoms with van der Waals surface area (Å²) < 4.78 is 0. The Bertz CT molecular complexity index is 476. The molecule has 1 rings (SSSR count). The van der Waals surface area contributed by atoms with Crippen LogP contribution in [0.3, 0.4) is 0 Å². The first-order valence-electron chi connectivity index (χ1n) is 6.06. The summed E-state index contributed by atoms with van der Waals surface area (Å²) in [6.45, 7) is 5.85. The van der Waals surface area contributed by atoms with Gasteiger partial charge in [0.05, 0.1) is 11.3 Å². The summed E-state index contributed by atoms with van der Waals surface area (Å²) in [4.78, 5) is 30.4. The first-order valence-corrected chi connectivity index (χ1v) is 6.06. The second-order valence-corrected chi connectivity index (χ2v) is 4.15. The molecule has 1 atom stereocenters. The molecule has 1 heterocycles. The second kappa shape index (κ2) is 6.67. The smallest absolute Gasteiger partial charge is 0.339 e. The van der Waals surface area contributed by atoms with Crippen LogP contribution in [0.25, 0.3) is 0 Å². The van der Waals surface area contributed by atoms with Gasteiger partial charge in [0.2, 0.25) is 11.9 Å². The van der Waals surface area contributed by atoms with Crippen LogP contribution < -0.4 is 10.6 Å². The van der Waals surface area contributed by atoms with Crippen molar-refractivity contribution in [2.24, 2.45) is 0 Å². The van der Waals surface area contributed by atoms with Crippen LogP contribution in [0.2, 0.25) is 0 Å². The molecule has 0 fully saturated rings. The fraction of sp³-hybridized carbons (Fsp3) is 0.500. The molecule has 1 aromatic rings. The fourth-order valence-electron chi connectivity index (χ4n) is 1.41. The topological polar surface area (TPSA) is 104 Å². The average molecular weight is 266 g/mol. The predicted molar refractivity (Wildman–Crippen MR) is 70.1 cm³/mol. The van der Waals surface area contributed by atoms with E-state index < -0.39 is 12.0 Å². The lowest BCUT2D eigenvalue weighted by Gasteiger charge is -2.14. The standard InChI is InChI=1S/C12H18N4O3/c1-4-5-13-10(17)8(3)16-12-14-6-9(11(18)19)7(2)15-12/h6,8H,4-5H2,1-3H3,(H,13,17)(H,18,19)(H,14,15,16). The van der Waals surface area contributed by atoms with E-state index in [4.69, 9.17) is 5.11 Å². The summed E-state index contributed by atoms with van der Waals surface area (Å²) >= 11 is 0. The Morgan fingerprint density at radius 1 is 1.47 bits per heavy atom. The molecule has 1 amide bonds. The van der Waals surface area contributed by atoms with Crippen molar-refractivity contribution in [2.45, 2.75) is 33.2 Å². The Morgan fingerprint density at radius 2 is 2.16 bits per heavy atom. The van der Waals surface area contributed by atoms with Gasteiger partial charge in [-0.2, -0.15) is 0 Å². The number of rotatable bonds is 6. The van der Waals surface area contributed by atoms with E-state index in [0.29, 0.717) is 12.2 Å². The quantitative estimate of drug-likeness (QED) is 0.704. The third-order valence-corrected chi connectivity index (χ3v) is 2.50. The van der Waals surface area contributed by atoms with Gasteiger partial charge in [-0.25, -0.2) is 14.8 Å². The minimum absolute atomic E-state index is 0.0497. The molecule has 0 aliphatic heterocycles. The van der Waals surface area contributed by atoms with Crippen molar-refractivity contribution < 1.29 is 14.7 Å². The number of aryl methyl sites for hydroxylation is 1. The van der Waals surface area contributed by atoms with Crippen LogP contribution in [0.5, 0.6) is 0 Å². The molecule has 0 saturated heterocycles. The largest absolute Gasteiger partial charge is 0.478 e. The van der Waals surface area contributed by atoms with Crippen LogP contribution in [0.4, 0.5) is 5.95 Å². The zero-order chi connectivity index (χ0) is 14.4. The minimum atomic E-state index is -1.07. The number of nitrogens with one attached hydrogen (secondary N) is 2. The minimum Gasteiger partial charge on any atom is -0.478 e. The maximum Gasteiger partial charge on any atom is 0.339 e. The molecule has 1 unspecified atom stereocenters. The van der Waals surface area contributed by atoms with E-state index in [0.717, 1.165) is 6.42 Å². The number of aromatic nitrogens is 2. The van der Waals surface area contributed by atoms with Crippen molar-refractivity contribution in [1.29, 1.82) is 0 Å². The van der Waals surface area contributed by atoms with E-state index in [2.05, 4.69) is 20.6 Å². The number of hydrogen-bond donors (Lipinski definition) is 3. The van der Waals surface area contributed by atoms with Gasteiger partial charge in [-0.05, 0) is 20.3 Å². The molecule has 0 aromatic carbocycles. The van der Waals surface area contributed by atoms with Crippen molar-refractivity contribution in [3.8, 4) is 0 Å². The van der Waals surface area contributed by atoms with E-state index >= 15 is 0 Å². The number of anilines is 1. The van der Waals surface area contributed by atoms with Crippen molar-refractivity contribution >= 4 is 17.8 Å². The van der Waals surface area contributed by atoms with Gasteiger partial charge in [0, 0.05) is 12.7 Å². The SMILES string of the molecule is CCCNC(=O)C(C)Nc1ncc(C(=O)O)c(C)n1. The molecule has 0 aliphatic rings. The van der Waals surface area contributed by atoms with Crippen LogP contribution in [-0.2, 0) is 4.79 Å². The highest BCUT2D eigenvalue weighted by atomic mass is 16.4. The molecule has 0 spiro atoms. The number of amides is 1. The number of carbonyl (C=O) groups excluding carboxylic acids is 1. The van der Waals surface area contributed by atoms with E-state index in [1.165, 1.54) is 6.20 Å². The van der Waals surface area contributed by atoms with Gasteiger partial charge >= 0.3 is 5.97 Å². The van der Waals surface area contributed by atoms with Crippen LogP contribution >= 0.6 is 0 Å². The number of nitrogens with zero attached hydrogens (tertiary/aromatic N) is 2. The first kappa shape index (κ1) is 14.9. The van der Waals surface area contributed by atoms with Gasteiger partial charge in [0.15, 0.2) is 0 Å². The van der Waals surface area contributed by atoms with Gasteiger partial charge in [-0.15, -0.1) is 0 Å². The predicted octanol–water partition coefficient (Wildman–Crippen LogP) is 0.810. The van der Waals surface area contributed by atoms with Gasteiger partial charge in [0.25, 0.3) is 0 Å². The third-order valence-electron chi connectivity index (χ3n) is 2.50. The molecule has 0 radical (unpaired) electrons. The molecule has 0 bridgehead atoms. The fourth-order valence-corrected chi connectivity index (χ4v) is 1.41. The normalized spacial score (nSPS) is 11.7. The summed E-state index contributed by atoms with van der Waals surface area (Å²) in [5.41, 5.74) is 0.403. The second-order valence-electron chi connectivity index (χ2n) is 4.15. The number of carbonyl (C=O) groups is 2. The van der Waals surface area contributed by atoms with E-state index in [9.17, 15) is 9.59 Å². The van der Waals surface area contributed by atoms with Crippen LogP contribution in [0.15, 0.2) is 6.20 Å². The molecule has 19 heavy (non-hydrogen) atoms. The summed E-state index contributed by atoms with van der Waals surface area (Å²) in [6.07, 6.45) is 2.09. The number of hydrogen-bond acceptors (Lipinski definition) is 5. The first-order chi connectivity index (χ1) is 8.95. The van der Waals surface area contributed by atoms with Gasteiger partial charge in [-0.3, -0.25) is 4.79 Å². The monoisotopic (exact) mass is 266 g/mol. The molecule has 7 heteroatoms. The zero-order valence-corrected chi connectivity index (χ0v) is 11.2. The number of carboxylic acids is 1. The zero-order valence-electron chi connectivity index (χ0n) is 11.2. The highest BCUT2D eigenvalue weighted by Gasteiger charge is 2.15.